The number of hydrogen-bond acceptors (Lipinski definition) is 4. The summed E-state index contributed by atoms with van der Waals surface area (Å²) in [6.07, 6.45) is 1.10. The molecule has 0 saturated heterocycles. The Morgan fingerprint density at radius 2 is 1.72 bits per heavy atom. The van der Waals surface area contributed by atoms with Gasteiger partial charge in [0, 0.05) is 18.4 Å². The number of nitrogens with one attached hydrogen (secondary N) is 1. The zero-order valence-corrected chi connectivity index (χ0v) is 14.6. The monoisotopic (exact) mass is 341 g/mol. The van der Waals surface area contributed by atoms with Crippen molar-refractivity contribution in [2.45, 2.75) is 26.2 Å². The Balaban J connectivity index is 1.81. The van der Waals surface area contributed by atoms with Gasteiger partial charge < -0.3 is 14.8 Å². The van der Waals surface area contributed by atoms with Crippen molar-refractivity contribution in [1.82, 2.24) is 0 Å². The fourth-order valence-electron chi connectivity index (χ4n) is 2.39. The molecule has 0 saturated carbocycles. The minimum absolute atomic E-state index is 0.0187. The van der Waals surface area contributed by atoms with Gasteiger partial charge in [0.05, 0.1) is 19.4 Å². The summed E-state index contributed by atoms with van der Waals surface area (Å²) < 4.78 is 10.5. The van der Waals surface area contributed by atoms with Gasteiger partial charge in [-0.2, -0.15) is 0 Å². The number of carbonyl (C=O) groups is 2. The molecule has 1 amide bonds. The molecule has 0 fully saturated rings. The summed E-state index contributed by atoms with van der Waals surface area (Å²) in [6, 6.07) is 14.3. The van der Waals surface area contributed by atoms with Gasteiger partial charge in [0.15, 0.2) is 5.78 Å². The number of amides is 1. The molecule has 0 unspecified atom stereocenters. The van der Waals surface area contributed by atoms with Gasteiger partial charge in [-0.1, -0.05) is 12.1 Å². The van der Waals surface area contributed by atoms with Gasteiger partial charge in [0.2, 0.25) is 5.91 Å². The van der Waals surface area contributed by atoms with Gasteiger partial charge in [-0.15, -0.1) is 0 Å². The van der Waals surface area contributed by atoms with Gasteiger partial charge in [-0.05, 0) is 49.7 Å². The van der Waals surface area contributed by atoms with Crippen LogP contribution in [-0.4, -0.2) is 25.4 Å². The molecule has 0 atom stereocenters. The Hall–Kier alpha value is -2.82. The van der Waals surface area contributed by atoms with Crippen molar-refractivity contribution in [2.75, 3.05) is 19.0 Å². The molecule has 132 valence electrons. The topological polar surface area (TPSA) is 64.6 Å². The lowest BCUT2D eigenvalue weighted by atomic mass is 10.1. The van der Waals surface area contributed by atoms with E-state index in [-0.39, 0.29) is 18.1 Å². The van der Waals surface area contributed by atoms with E-state index in [0.29, 0.717) is 42.2 Å². The number of methoxy groups -OCH3 is 1. The second kappa shape index (κ2) is 9.47. The second-order valence-corrected chi connectivity index (χ2v) is 5.48. The van der Waals surface area contributed by atoms with E-state index in [4.69, 9.17) is 9.47 Å². The Kier molecular flexibility index (Phi) is 7.01. The smallest absolute Gasteiger partial charge is 0.224 e. The molecule has 0 aliphatic heterocycles. The Labute approximate surface area is 148 Å². The van der Waals surface area contributed by atoms with E-state index >= 15 is 0 Å². The Morgan fingerprint density at radius 3 is 2.40 bits per heavy atom. The highest BCUT2D eigenvalue weighted by atomic mass is 16.5. The van der Waals surface area contributed by atoms with E-state index in [1.807, 2.05) is 25.1 Å². The molecule has 0 aromatic heterocycles. The Morgan fingerprint density at radius 1 is 1.00 bits per heavy atom. The predicted molar refractivity (Wildman–Crippen MR) is 97.4 cm³/mol. The van der Waals surface area contributed by atoms with Crippen LogP contribution in [0.15, 0.2) is 48.5 Å². The van der Waals surface area contributed by atoms with Gasteiger partial charge in [-0.3, -0.25) is 9.59 Å². The molecule has 2 rings (SSSR count). The van der Waals surface area contributed by atoms with Gasteiger partial charge in [0.1, 0.15) is 11.5 Å². The maximum absolute atomic E-state index is 12.1. The molecule has 25 heavy (non-hydrogen) atoms. The first-order valence-corrected chi connectivity index (χ1v) is 8.33. The third-order valence-corrected chi connectivity index (χ3v) is 3.68. The molecule has 0 radical (unpaired) electrons. The summed E-state index contributed by atoms with van der Waals surface area (Å²) >= 11 is 0. The summed E-state index contributed by atoms with van der Waals surface area (Å²) in [5.74, 6) is 1.25. The number of anilines is 1. The summed E-state index contributed by atoms with van der Waals surface area (Å²) in [6.45, 7) is 2.42. The van der Waals surface area contributed by atoms with Crippen molar-refractivity contribution in [1.29, 1.82) is 0 Å². The maximum Gasteiger partial charge on any atom is 0.224 e. The van der Waals surface area contributed by atoms with Crippen LogP contribution in [0.25, 0.3) is 0 Å². The Bertz CT molecular complexity index is 710. The minimum Gasteiger partial charge on any atom is -0.497 e. The minimum atomic E-state index is -0.130. The average molecular weight is 341 g/mol. The fraction of sp³-hybridized carbons (Fsp3) is 0.300. The van der Waals surface area contributed by atoms with Crippen molar-refractivity contribution in [3.05, 3.63) is 54.1 Å². The molecule has 0 spiro atoms. The molecule has 0 aliphatic carbocycles. The highest BCUT2D eigenvalue weighted by Crippen LogP contribution is 2.24. The van der Waals surface area contributed by atoms with Crippen LogP contribution in [0.3, 0.4) is 0 Å². The lowest BCUT2D eigenvalue weighted by molar-refractivity contribution is -0.116. The fourth-order valence-corrected chi connectivity index (χ4v) is 2.39. The van der Waals surface area contributed by atoms with Crippen molar-refractivity contribution in [3.8, 4) is 11.5 Å². The van der Waals surface area contributed by atoms with Crippen LogP contribution in [-0.2, 0) is 4.79 Å². The van der Waals surface area contributed by atoms with Crippen LogP contribution in [0, 0.1) is 0 Å². The number of ketones is 1. The molecule has 0 aliphatic rings. The standard InChI is InChI=1S/C20H23NO4/c1-3-25-19-9-5-4-7-17(19)21-20(23)10-6-8-18(22)15-11-13-16(24-2)14-12-15/h4-5,7,9,11-14H,3,6,8,10H2,1-2H3,(H,21,23). The summed E-state index contributed by atoms with van der Waals surface area (Å²) in [4.78, 5) is 24.2. The van der Waals surface area contributed by atoms with E-state index in [0.717, 1.165) is 0 Å². The number of benzene rings is 2. The zero-order chi connectivity index (χ0) is 18.1. The third-order valence-electron chi connectivity index (χ3n) is 3.68. The highest BCUT2D eigenvalue weighted by Gasteiger charge is 2.10. The molecule has 2 aromatic carbocycles. The average Bonchev–Trinajstić information content (AvgIpc) is 2.63. The van der Waals surface area contributed by atoms with E-state index in [9.17, 15) is 9.59 Å². The van der Waals surface area contributed by atoms with E-state index in [1.54, 1.807) is 37.4 Å². The summed E-state index contributed by atoms with van der Waals surface area (Å²) in [7, 11) is 1.58. The number of rotatable bonds is 9. The molecular formula is C20H23NO4. The number of ether oxygens (including phenoxy) is 2. The highest BCUT2D eigenvalue weighted by molar-refractivity contribution is 5.97. The van der Waals surface area contributed by atoms with Crippen LogP contribution < -0.4 is 14.8 Å². The predicted octanol–water partition coefficient (Wildman–Crippen LogP) is 4.09. The normalized spacial score (nSPS) is 10.2. The van der Waals surface area contributed by atoms with Crippen LogP contribution in [0.5, 0.6) is 11.5 Å². The maximum atomic E-state index is 12.1. The van der Waals surface area contributed by atoms with Crippen molar-refractivity contribution in [2.24, 2.45) is 0 Å². The zero-order valence-electron chi connectivity index (χ0n) is 14.6. The van der Waals surface area contributed by atoms with Gasteiger partial charge >= 0.3 is 0 Å². The first-order valence-electron chi connectivity index (χ1n) is 8.33. The van der Waals surface area contributed by atoms with Crippen molar-refractivity contribution >= 4 is 17.4 Å². The number of hydrogen-bond donors (Lipinski definition) is 1. The third kappa shape index (κ3) is 5.64. The quantitative estimate of drug-likeness (QED) is 0.698. The molecule has 5 heteroatoms. The van der Waals surface area contributed by atoms with Crippen molar-refractivity contribution in [3.63, 3.8) is 0 Å². The molecule has 1 N–H and O–H groups in total. The lowest BCUT2D eigenvalue weighted by Gasteiger charge is -2.11. The molecular weight excluding hydrogens is 318 g/mol. The molecule has 2 aromatic rings. The molecule has 0 heterocycles. The van der Waals surface area contributed by atoms with Crippen LogP contribution in [0.2, 0.25) is 0 Å². The van der Waals surface area contributed by atoms with E-state index in [2.05, 4.69) is 5.32 Å². The number of carbonyl (C=O) groups excluding carboxylic acids is 2. The van der Waals surface area contributed by atoms with Gasteiger partial charge in [-0.25, -0.2) is 0 Å². The van der Waals surface area contributed by atoms with E-state index in [1.165, 1.54) is 0 Å². The SMILES string of the molecule is CCOc1ccccc1NC(=O)CCCC(=O)c1ccc(OC)cc1. The molecule has 0 bridgehead atoms. The number of Topliss-reactive ketones (excluding diaryl/α,β-unsaturated/α-hetero) is 1. The lowest BCUT2D eigenvalue weighted by Crippen LogP contribution is -2.13. The van der Waals surface area contributed by atoms with Gasteiger partial charge in [0.25, 0.3) is 0 Å². The molecule has 5 nitrogen and oxygen atoms in total. The first kappa shape index (κ1) is 18.5. The second-order valence-electron chi connectivity index (χ2n) is 5.48. The van der Waals surface area contributed by atoms with Crippen LogP contribution in [0.1, 0.15) is 36.5 Å². The van der Waals surface area contributed by atoms with Crippen molar-refractivity contribution < 1.29 is 19.1 Å². The summed E-state index contributed by atoms with van der Waals surface area (Å²) in [5, 5.41) is 2.83. The number of para-hydroxylation sites is 2. The van der Waals surface area contributed by atoms with Crippen LogP contribution >= 0.6 is 0 Å². The summed E-state index contributed by atoms with van der Waals surface area (Å²) in [5.41, 5.74) is 1.28. The largest absolute Gasteiger partial charge is 0.497 e. The van der Waals surface area contributed by atoms with E-state index < -0.39 is 0 Å². The van der Waals surface area contributed by atoms with Crippen LogP contribution in [0.4, 0.5) is 5.69 Å². The first-order chi connectivity index (χ1) is 12.1.